The lowest BCUT2D eigenvalue weighted by atomic mass is 9.94. The molecule has 0 heterocycles. The summed E-state index contributed by atoms with van der Waals surface area (Å²) in [6.45, 7) is 0.211. The zero-order valence-corrected chi connectivity index (χ0v) is 11.6. The van der Waals surface area contributed by atoms with E-state index in [1.165, 1.54) is 6.07 Å². The lowest BCUT2D eigenvalue weighted by Crippen LogP contribution is -2.34. The van der Waals surface area contributed by atoms with Crippen molar-refractivity contribution in [1.29, 1.82) is 0 Å². The van der Waals surface area contributed by atoms with Gasteiger partial charge in [0.25, 0.3) is 0 Å². The van der Waals surface area contributed by atoms with Gasteiger partial charge in [-0.05, 0) is 36.6 Å². The highest BCUT2D eigenvalue weighted by atomic mass is 19.1. The predicted octanol–water partition coefficient (Wildman–Crippen LogP) is 2.76. The highest BCUT2D eigenvalue weighted by molar-refractivity contribution is 5.91. The van der Waals surface area contributed by atoms with Crippen molar-refractivity contribution < 1.29 is 9.18 Å². The van der Waals surface area contributed by atoms with Crippen molar-refractivity contribution in [2.75, 3.05) is 5.73 Å². The van der Waals surface area contributed by atoms with E-state index in [-0.39, 0.29) is 18.3 Å². The summed E-state index contributed by atoms with van der Waals surface area (Å²) in [5, 5.41) is 2.85. The molecule has 108 valence electrons. The van der Waals surface area contributed by atoms with E-state index < -0.39 is 5.41 Å². The fraction of sp³-hybridized carbons (Fsp3) is 0.235. The van der Waals surface area contributed by atoms with E-state index in [4.69, 9.17) is 5.73 Å². The average molecular weight is 284 g/mol. The lowest BCUT2D eigenvalue weighted by Gasteiger charge is -2.16. The number of nitrogens with one attached hydrogen (secondary N) is 1. The molecule has 21 heavy (non-hydrogen) atoms. The second kappa shape index (κ2) is 5.20. The zero-order chi connectivity index (χ0) is 14.9. The molecule has 1 amide bonds. The van der Waals surface area contributed by atoms with Gasteiger partial charge in [-0.2, -0.15) is 0 Å². The van der Waals surface area contributed by atoms with Crippen molar-refractivity contribution in [2.24, 2.45) is 0 Å². The molecule has 0 radical (unpaired) electrons. The number of rotatable bonds is 4. The van der Waals surface area contributed by atoms with Crippen molar-refractivity contribution >= 4 is 11.6 Å². The SMILES string of the molecule is Nc1ccc(C2(C(=O)NCc3ccccc3F)CC2)cc1. The van der Waals surface area contributed by atoms with Gasteiger partial charge in [0.05, 0.1) is 5.41 Å². The van der Waals surface area contributed by atoms with Gasteiger partial charge in [-0.3, -0.25) is 4.79 Å². The molecule has 0 bridgehead atoms. The number of hydrogen-bond acceptors (Lipinski definition) is 2. The van der Waals surface area contributed by atoms with Crippen molar-refractivity contribution in [3.8, 4) is 0 Å². The van der Waals surface area contributed by atoms with Gasteiger partial charge in [0, 0.05) is 17.8 Å². The third kappa shape index (κ3) is 2.61. The highest BCUT2D eigenvalue weighted by Gasteiger charge is 2.51. The van der Waals surface area contributed by atoms with Crippen molar-refractivity contribution in [3.05, 3.63) is 65.5 Å². The van der Waals surface area contributed by atoms with Crippen LogP contribution < -0.4 is 11.1 Å². The summed E-state index contributed by atoms with van der Waals surface area (Å²) in [6.07, 6.45) is 1.64. The average Bonchev–Trinajstić information content (AvgIpc) is 3.28. The Bertz CT molecular complexity index is 663. The minimum Gasteiger partial charge on any atom is -0.399 e. The Balaban J connectivity index is 1.71. The maximum absolute atomic E-state index is 13.6. The Morgan fingerprint density at radius 2 is 1.81 bits per heavy atom. The van der Waals surface area contributed by atoms with E-state index in [9.17, 15) is 9.18 Å². The third-order valence-corrected chi connectivity index (χ3v) is 4.05. The molecule has 1 aliphatic rings. The van der Waals surface area contributed by atoms with Gasteiger partial charge < -0.3 is 11.1 Å². The first kappa shape index (κ1) is 13.6. The fourth-order valence-electron chi connectivity index (χ4n) is 2.56. The lowest BCUT2D eigenvalue weighted by molar-refractivity contribution is -0.123. The molecule has 2 aromatic carbocycles. The van der Waals surface area contributed by atoms with E-state index in [2.05, 4.69) is 5.32 Å². The third-order valence-electron chi connectivity index (χ3n) is 4.05. The minimum atomic E-state index is -0.459. The number of benzene rings is 2. The van der Waals surface area contributed by atoms with E-state index in [0.29, 0.717) is 11.3 Å². The minimum absolute atomic E-state index is 0.0458. The molecule has 3 N–H and O–H groups in total. The van der Waals surface area contributed by atoms with Crippen LogP contribution in [0.25, 0.3) is 0 Å². The topological polar surface area (TPSA) is 55.1 Å². The molecule has 1 saturated carbocycles. The number of nitrogens with two attached hydrogens (primary N) is 1. The molecule has 0 atom stereocenters. The van der Waals surface area contributed by atoms with Crippen LogP contribution in [0.15, 0.2) is 48.5 Å². The summed E-state index contributed by atoms with van der Waals surface area (Å²) in [4.78, 5) is 12.4. The van der Waals surface area contributed by atoms with Crippen LogP contribution in [0.5, 0.6) is 0 Å². The van der Waals surface area contributed by atoms with Gasteiger partial charge in [0.15, 0.2) is 0 Å². The monoisotopic (exact) mass is 284 g/mol. The van der Waals surface area contributed by atoms with Gasteiger partial charge in [0.1, 0.15) is 5.82 Å². The van der Waals surface area contributed by atoms with Crippen LogP contribution in [0.2, 0.25) is 0 Å². The molecule has 3 rings (SSSR count). The van der Waals surface area contributed by atoms with Gasteiger partial charge in [-0.25, -0.2) is 4.39 Å². The van der Waals surface area contributed by atoms with Gasteiger partial charge in [-0.1, -0.05) is 30.3 Å². The van der Waals surface area contributed by atoms with E-state index in [1.54, 1.807) is 30.3 Å². The molecule has 0 aliphatic heterocycles. The molecule has 0 spiro atoms. The summed E-state index contributed by atoms with van der Waals surface area (Å²) in [6, 6.07) is 13.9. The first-order valence-corrected chi connectivity index (χ1v) is 6.99. The van der Waals surface area contributed by atoms with Crippen molar-refractivity contribution in [1.82, 2.24) is 5.32 Å². The summed E-state index contributed by atoms with van der Waals surface area (Å²) in [5.41, 5.74) is 7.37. The largest absolute Gasteiger partial charge is 0.399 e. The number of carbonyl (C=O) groups is 1. The molecule has 2 aromatic rings. The van der Waals surface area contributed by atoms with Crippen LogP contribution in [-0.4, -0.2) is 5.91 Å². The van der Waals surface area contributed by atoms with Crippen LogP contribution >= 0.6 is 0 Å². The molecule has 0 saturated heterocycles. The van der Waals surface area contributed by atoms with Gasteiger partial charge in [-0.15, -0.1) is 0 Å². The molecule has 0 unspecified atom stereocenters. The van der Waals surface area contributed by atoms with Gasteiger partial charge >= 0.3 is 0 Å². The molecular weight excluding hydrogens is 267 g/mol. The standard InChI is InChI=1S/C17H17FN2O/c18-15-4-2-1-3-12(15)11-20-16(21)17(9-10-17)13-5-7-14(19)8-6-13/h1-8H,9-11,19H2,(H,20,21). The van der Waals surface area contributed by atoms with E-state index in [1.807, 2.05) is 12.1 Å². The molecule has 0 aromatic heterocycles. The normalized spacial score (nSPS) is 15.5. The number of carbonyl (C=O) groups excluding carboxylic acids is 1. The summed E-state index contributed by atoms with van der Waals surface area (Å²) >= 11 is 0. The maximum atomic E-state index is 13.6. The molecule has 1 fully saturated rings. The van der Waals surface area contributed by atoms with Crippen LogP contribution in [-0.2, 0) is 16.8 Å². The van der Waals surface area contributed by atoms with Crippen LogP contribution in [0, 0.1) is 5.82 Å². The number of hydrogen-bond donors (Lipinski definition) is 2. The Kier molecular flexibility index (Phi) is 3.37. The molecule has 3 nitrogen and oxygen atoms in total. The predicted molar refractivity (Wildman–Crippen MR) is 80.0 cm³/mol. The second-order valence-electron chi connectivity index (χ2n) is 5.48. The molecule has 4 heteroatoms. The second-order valence-corrected chi connectivity index (χ2v) is 5.48. The Hall–Kier alpha value is -2.36. The summed E-state index contributed by atoms with van der Waals surface area (Å²) in [7, 11) is 0. The van der Waals surface area contributed by atoms with Crippen molar-refractivity contribution in [2.45, 2.75) is 24.8 Å². The van der Waals surface area contributed by atoms with Crippen LogP contribution in [0.4, 0.5) is 10.1 Å². The number of nitrogen functional groups attached to an aromatic ring is 1. The van der Waals surface area contributed by atoms with E-state index >= 15 is 0 Å². The molecule has 1 aliphatic carbocycles. The maximum Gasteiger partial charge on any atom is 0.230 e. The van der Waals surface area contributed by atoms with E-state index in [0.717, 1.165) is 18.4 Å². The zero-order valence-electron chi connectivity index (χ0n) is 11.6. The van der Waals surface area contributed by atoms with Crippen LogP contribution in [0.1, 0.15) is 24.0 Å². The number of halogens is 1. The smallest absolute Gasteiger partial charge is 0.230 e. The highest BCUT2D eigenvalue weighted by Crippen LogP contribution is 2.48. The summed E-state index contributed by atoms with van der Waals surface area (Å²) in [5.74, 6) is -0.342. The van der Waals surface area contributed by atoms with Crippen LogP contribution in [0.3, 0.4) is 0 Å². The van der Waals surface area contributed by atoms with Gasteiger partial charge in [0.2, 0.25) is 5.91 Å². The first-order chi connectivity index (χ1) is 10.1. The number of anilines is 1. The number of amides is 1. The Morgan fingerprint density at radius 1 is 1.14 bits per heavy atom. The fourth-order valence-corrected chi connectivity index (χ4v) is 2.56. The quantitative estimate of drug-likeness (QED) is 0.848. The Morgan fingerprint density at radius 3 is 2.43 bits per heavy atom. The first-order valence-electron chi connectivity index (χ1n) is 6.99. The summed E-state index contributed by atoms with van der Waals surface area (Å²) < 4.78 is 13.6. The molecular formula is C17H17FN2O. The van der Waals surface area contributed by atoms with Crippen molar-refractivity contribution in [3.63, 3.8) is 0 Å². The Labute approximate surface area is 123 Å².